The molecule has 6 nitrogen and oxygen atoms in total. The molecule has 0 bridgehead atoms. The van der Waals surface area contributed by atoms with Gasteiger partial charge in [-0.2, -0.15) is 14.0 Å². The Labute approximate surface area is 107 Å². The summed E-state index contributed by atoms with van der Waals surface area (Å²) in [4.78, 5) is 13.0. The minimum absolute atomic E-state index is 0.624. The summed E-state index contributed by atoms with van der Waals surface area (Å²) in [7, 11) is 0. The lowest BCUT2D eigenvalue weighted by Gasteiger charge is -1.90. The third-order valence-corrected chi connectivity index (χ3v) is 3.49. The molecule has 0 fully saturated rings. The first kappa shape index (κ1) is 9.21. The molecule has 0 radical (unpaired) electrons. The number of hydrogen-bond donors (Lipinski definition) is 0. The lowest BCUT2D eigenvalue weighted by Crippen LogP contribution is -2.31. The molecule has 90 valence electrons. The Bertz CT molecular complexity index is 952. The van der Waals surface area contributed by atoms with E-state index < -0.39 is 0 Å². The topological polar surface area (TPSA) is 60.1 Å². The van der Waals surface area contributed by atoms with Crippen molar-refractivity contribution in [2.45, 2.75) is 6.54 Å². The van der Waals surface area contributed by atoms with E-state index in [0.29, 0.717) is 5.71 Å². The van der Waals surface area contributed by atoms with Crippen LogP contribution in [0, 0.1) is 0 Å². The van der Waals surface area contributed by atoms with Gasteiger partial charge in [0.25, 0.3) is 0 Å². The monoisotopic (exact) mass is 250 g/mol. The zero-order valence-corrected chi connectivity index (χ0v) is 9.82. The van der Waals surface area contributed by atoms with E-state index in [-0.39, 0.29) is 0 Å². The Morgan fingerprint density at radius 1 is 1.26 bits per heavy atom. The highest BCUT2D eigenvalue weighted by Crippen LogP contribution is 2.29. The fraction of sp³-hybridized carbons (Fsp3) is 0.0769. The van der Waals surface area contributed by atoms with Crippen LogP contribution in [0.1, 0.15) is 5.56 Å². The van der Waals surface area contributed by atoms with Crippen LogP contribution in [0.4, 0.5) is 0 Å². The van der Waals surface area contributed by atoms with Gasteiger partial charge in [0.1, 0.15) is 6.54 Å². The summed E-state index contributed by atoms with van der Waals surface area (Å²) in [5.41, 5.74) is 4.46. The number of fused-ring (bicyclic) bond motifs is 7. The number of nitrogens with zero attached hydrogens (tertiary/aromatic N) is 5. The first-order valence-corrected chi connectivity index (χ1v) is 6.00. The highest BCUT2D eigenvalue weighted by atomic mass is 16.4. The number of oxazole rings is 1. The van der Waals surface area contributed by atoms with Gasteiger partial charge in [-0.15, -0.1) is 0 Å². The number of pyridine rings is 1. The van der Waals surface area contributed by atoms with Crippen LogP contribution in [0.15, 0.2) is 41.3 Å². The second-order valence-electron chi connectivity index (χ2n) is 4.55. The Morgan fingerprint density at radius 3 is 3.26 bits per heavy atom. The second kappa shape index (κ2) is 2.97. The van der Waals surface area contributed by atoms with Crippen molar-refractivity contribution in [3.05, 3.63) is 42.5 Å². The van der Waals surface area contributed by atoms with E-state index in [1.54, 1.807) is 18.7 Å². The van der Waals surface area contributed by atoms with Gasteiger partial charge in [-0.3, -0.25) is 0 Å². The fourth-order valence-corrected chi connectivity index (χ4v) is 2.67. The first-order valence-electron chi connectivity index (χ1n) is 6.00. The van der Waals surface area contributed by atoms with Gasteiger partial charge in [-0.05, 0) is 6.07 Å². The van der Waals surface area contributed by atoms with Crippen LogP contribution in [0.3, 0.4) is 0 Å². The van der Waals surface area contributed by atoms with Crippen molar-refractivity contribution in [2.24, 2.45) is 0 Å². The van der Waals surface area contributed by atoms with E-state index >= 15 is 0 Å². The number of rotatable bonds is 0. The summed E-state index contributed by atoms with van der Waals surface area (Å²) in [6, 6.07) is 5.87. The smallest absolute Gasteiger partial charge is 0.356 e. The van der Waals surface area contributed by atoms with E-state index in [9.17, 15) is 0 Å². The molecular formula is C13H8N5O+. The van der Waals surface area contributed by atoms with Crippen LogP contribution in [0.5, 0.6) is 0 Å². The summed E-state index contributed by atoms with van der Waals surface area (Å²) >= 11 is 0. The van der Waals surface area contributed by atoms with Crippen LogP contribution in [0.25, 0.3) is 28.6 Å². The molecule has 0 aromatic carbocycles. The second-order valence-corrected chi connectivity index (χ2v) is 4.55. The van der Waals surface area contributed by atoms with Crippen LogP contribution in [-0.2, 0) is 6.54 Å². The Morgan fingerprint density at radius 2 is 2.26 bits per heavy atom. The normalized spacial score (nSPS) is 13.1. The van der Waals surface area contributed by atoms with Crippen molar-refractivity contribution in [3.8, 4) is 11.6 Å². The van der Waals surface area contributed by atoms with Crippen molar-refractivity contribution < 1.29 is 8.98 Å². The van der Waals surface area contributed by atoms with Gasteiger partial charge >= 0.3 is 17.3 Å². The van der Waals surface area contributed by atoms with Crippen molar-refractivity contribution in [1.82, 2.24) is 19.4 Å². The predicted octanol–water partition coefficient (Wildman–Crippen LogP) is 1.19. The maximum atomic E-state index is 5.86. The van der Waals surface area contributed by atoms with Crippen molar-refractivity contribution in [3.63, 3.8) is 0 Å². The molecule has 0 unspecified atom stereocenters. The molecular weight excluding hydrogens is 242 g/mol. The van der Waals surface area contributed by atoms with E-state index in [2.05, 4.69) is 25.6 Å². The molecule has 0 atom stereocenters. The van der Waals surface area contributed by atoms with Gasteiger partial charge in [0.05, 0.1) is 0 Å². The Balaban J connectivity index is 1.94. The molecule has 0 saturated heterocycles. The van der Waals surface area contributed by atoms with Crippen LogP contribution in [-0.4, -0.2) is 19.4 Å². The SMILES string of the molecule is c1cnc2c(c1)C[n+]1c-2oc2nc3ccncn3c21. The van der Waals surface area contributed by atoms with Gasteiger partial charge in [0.15, 0.2) is 12.0 Å². The Hall–Kier alpha value is -2.76. The minimum Gasteiger partial charge on any atom is -0.394 e. The standard InChI is InChI=1S/C13H8N5O/c1-2-8-6-17-12-11(19-13(17)10(8)15-4-1)16-9-3-5-14-7-18(9)12/h1-5,7H,6H2/q+1. The first-order chi connectivity index (χ1) is 9.42. The average molecular weight is 250 g/mol. The van der Waals surface area contributed by atoms with Gasteiger partial charge in [0.2, 0.25) is 5.65 Å². The largest absolute Gasteiger partial charge is 0.394 e. The third kappa shape index (κ3) is 1.02. The van der Waals surface area contributed by atoms with Gasteiger partial charge in [0, 0.05) is 24.0 Å². The van der Waals surface area contributed by atoms with E-state index in [0.717, 1.165) is 29.4 Å². The molecule has 5 heterocycles. The van der Waals surface area contributed by atoms with Gasteiger partial charge < -0.3 is 4.42 Å². The summed E-state index contributed by atoms with van der Waals surface area (Å²) in [6.45, 7) is 0.758. The van der Waals surface area contributed by atoms with Crippen molar-refractivity contribution >= 4 is 17.0 Å². The Kier molecular flexibility index (Phi) is 1.44. The molecule has 1 aliphatic heterocycles. The molecule has 0 aliphatic carbocycles. The average Bonchev–Trinajstić information content (AvgIpc) is 3.05. The van der Waals surface area contributed by atoms with Gasteiger partial charge in [-0.25, -0.2) is 9.97 Å². The molecule has 0 N–H and O–H groups in total. The minimum atomic E-state index is 0.624. The fourth-order valence-electron chi connectivity index (χ4n) is 2.67. The molecule has 0 spiro atoms. The summed E-state index contributed by atoms with van der Waals surface area (Å²) in [5, 5.41) is 0. The predicted molar refractivity (Wildman–Crippen MR) is 65.3 cm³/mol. The third-order valence-electron chi connectivity index (χ3n) is 3.49. The number of hydrogen-bond acceptors (Lipinski definition) is 4. The van der Waals surface area contributed by atoms with Crippen LogP contribution < -0.4 is 4.57 Å². The van der Waals surface area contributed by atoms with E-state index in [1.807, 2.05) is 16.5 Å². The van der Waals surface area contributed by atoms with E-state index in [1.165, 1.54) is 5.56 Å². The molecule has 5 rings (SSSR count). The highest BCUT2D eigenvalue weighted by Gasteiger charge is 2.34. The van der Waals surface area contributed by atoms with E-state index in [4.69, 9.17) is 4.42 Å². The van der Waals surface area contributed by atoms with Crippen LogP contribution in [0.2, 0.25) is 0 Å². The molecule has 4 aromatic rings. The van der Waals surface area contributed by atoms with Gasteiger partial charge in [-0.1, -0.05) is 6.07 Å². The zero-order valence-electron chi connectivity index (χ0n) is 9.82. The lowest BCUT2D eigenvalue weighted by atomic mass is 10.2. The molecule has 4 aromatic heterocycles. The highest BCUT2D eigenvalue weighted by molar-refractivity contribution is 5.71. The summed E-state index contributed by atoms with van der Waals surface area (Å²) in [5.74, 6) is 0.770. The maximum Gasteiger partial charge on any atom is 0.356 e. The van der Waals surface area contributed by atoms with Crippen molar-refractivity contribution in [1.29, 1.82) is 0 Å². The molecule has 19 heavy (non-hydrogen) atoms. The lowest BCUT2D eigenvalue weighted by molar-refractivity contribution is -0.651. The molecule has 0 amide bonds. The number of imidazole rings is 1. The van der Waals surface area contributed by atoms with Crippen molar-refractivity contribution in [2.75, 3.05) is 0 Å². The molecule has 1 aliphatic rings. The summed E-state index contributed by atoms with van der Waals surface area (Å²) in [6.07, 6.45) is 5.26. The molecule has 0 saturated carbocycles. The van der Waals surface area contributed by atoms with Crippen LogP contribution >= 0.6 is 0 Å². The quantitative estimate of drug-likeness (QED) is 0.387. The summed E-state index contributed by atoms with van der Waals surface area (Å²) < 4.78 is 9.89. The maximum absolute atomic E-state index is 5.86. The number of aromatic nitrogens is 5. The zero-order chi connectivity index (χ0) is 12.4. The molecule has 6 heteroatoms.